The zero-order valence-corrected chi connectivity index (χ0v) is 11.5. The number of rotatable bonds is 4. The Labute approximate surface area is 119 Å². The minimum Gasteiger partial charge on any atom is -0.369 e. The molecule has 0 bridgehead atoms. The monoisotopic (exact) mass is 299 g/mol. The van der Waals surface area contributed by atoms with Crippen molar-refractivity contribution in [3.8, 4) is 5.82 Å². The molecular formula is C11H11Cl2N5O. The van der Waals surface area contributed by atoms with Crippen molar-refractivity contribution in [3.05, 3.63) is 34.1 Å². The summed E-state index contributed by atoms with van der Waals surface area (Å²) in [5.41, 5.74) is 5.28. The van der Waals surface area contributed by atoms with Crippen LogP contribution in [0.25, 0.3) is 5.82 Å². The van der Waals surface area contributed by atoms with Gasteiger partial charge in [0.15, 0.2) is 5.82 Å². The molecule has 2 aromatic heterocycles. The first-order valence-corrected chi connectivity index (χ1v) is 6.24. The number of nitrogens with two attached hydrogens (primary N) is 1. The fraction of sp³-hybridized carbons (Fsp3) is 0.182. The summed E-state index contributed by atoms with van der Waals surface area (Å²) in [6.07, 6.45) is 1.55. The summed E-state index contributed by atoms with van der Waals surface area (Å²) < 4.78 is 1.37. The van der Waals surface area contributed by atoms with Gasteiger partial charge in [-0.15, -0.1) is 0 Å². The Morgan fingerprint density at radius 3 is 2.79 bits per heavy atom. The van der Waals surface area contributed by atoms with Crippen LogP contribution in [0.3, 0.4) is 0 Å². The quantitative estimate of drug-likeness (QED) is 0.905. The lowest BCUT2D eigenvalue weighted by Gasteiger charge is -2.09. The van der Waals surface area contributed by atoms with E-state index in [4.69, 9.17) is 28.9 Å². The van der Waals surface area contributed by atoms with Gasteiger partial charge in [0.2, 0.25) is 0 Å². The molecule has 3 N–H and O–H groups in total. The van der Waals surface area contributed by atoms with Crippen LogP contribution < -0.4 is 11.1 Å². The number of primary amides is 1. The van der Waals surface area contributed by atoms with E-state index >= 15 is 0 Å². The lowest BCUT2D eigenvalue weighted by atomic mass is 10.4. The minimum atomic E-state index is -0.615. The van der Waals surface area contributed by atoms with Gasteiger partial charge in [0.05, 0.1) is 10.0 Å². The maximum Gasteiger partial charge on any atom is 0.269 e. The molecule has 0 saturated heterocycles. The standard InChI is InChI=1S/C11H11Cl2N5O/c1-2-15-10-6(12)5-7(13)11(16-10)18-4-3-8(17-18)9(14)19/h3-5H,2H2,1H3,(H2,14,19)(H,15,16). The molecule has 0 spiro atoms. The number of hydrogen-bond acceptors (Lipinski definition) is 4. The van der Waals surface area contributed by atoms with Gasteiger partial charge in [0, 0.05) is 12.7 Å². The zero-order valence-electron chi connectivity index (χ0n) is 10.0. The van der Waals surface area contributed by atoms with Gasteiger partial charge >= 0.3 is 0 Å². The molecule has 0 fully saturated rings. The number of nitrogens with one attached hydrogen (secondary N) is 1. The summed E-state index contributed by atoms with van der Waals surface area (Å²) in [5.74, 6) is 0.255. The Balaban J connectivity index is 2.48. The van der Waals surface area contributed by atoms with Gasteiger partial charge in [0.25, 0.3) is 5.91 Å². The number of pyridine rings is 1. The van der Waals surface area contributed by atoms with Crippen molar-refractivity contribution in [1.82, 2.24) is 14.8 Å². The molecule has 2 aromatic rings. The smallest absolute Gasteiger partial charge is 0.269 e. The lowest BCUT2D eigenvalue weighted by molar-refractivity contribution is 0.0995. The molecule has 8 heteroatoms. The molecule has 6 nitrogen and oxygen atoms in total. The topological polar surface area (TPSA) is 85.8 Å². The van der Waals surface area contributed by atoms with Crippen molar-refractivity contribution in [2.75, 3.05) is 11.9 Å². The van der Waals surface area contributed by atoms with Crippen molar-refractivity contribution in [2.45, 2.75) is 6.92 Å². The van der Waals surface area contributed by atoms with Crippen LogP contribution in [0.5, 0.6) is 0 Å². The van der Waals surface area contributed by atoms with Crippen LogP contribution in [-0.4, -0.2) is 27.2 Å². The minimum absolute atomic E-state index is 0.137. The van der Waals surface area contributed by atoms with Crippen LogP contribution >= 0.6 is 23.2 Å². The molecule has 0 aliphatic carbocycles. The number of anilines is 1. The first-order valence-electron chi connectivity index (χ1n) is 5.48. The van der Waals surface area contributed by atoms with Crippen molar-refractivity contribution < 1.29 is 4.79 Å². The second-order valence-corrected chi connectivity index (χ2v) is 4.48. The number of nitrogens with zero attached hydrogens (tertiary/aromatic N) is 3. The van der Waals surface area contributed by atoms with Crippen molar-refractivity contribution in [2.24, 2.45) is 5.73 Å². The number of carbonyl (C=O) groups is 1. The molecule has 0 aromatic carbocycles. The van der Waals surface area contributed by atoms with Gasteiger partial charge < -0.3 is 11.1 Å². The summed E-state index contributed by atoms with van der Waals surface area (Å²) in [6.45, 7) is 2.59. The fourth-order valence-electron chi connectivity index (χ4n) is 1.48. The Morgan fingerprint density at radius 2 is 2.21 bits per heavy atom. The van der Waals surface area contributed by atoms with E-state index in [0.29, 0.717) is 28.2 Å². The van der Waals surface area contributed by atoms with Gasteiger partial charge in [0.1, 0.15) is 11.5 Å². The van der Waals surface area contributed by atoms with Crippen LogP contribution in [0.15, 0.2) is 18.3 Å². The highest BCUT2D eigenvalue weighted by Gasteiger charge is 2.13. The van der Waals surface area contributed by atoms with E-state index in [0.717, 1.165) is 0 Å². The first-order chi connectivity index (χ1) is 9.02. The summed E-state index contributed by atoms with van der Waals surface area (Å²) in [7, 11) is 0. The van der Waals surface area contributed by atoms with Gasteiger partial charge in [-0.1, -0.05) is 23.2 Å². The van der Waals surface area contributed by atoms with E-state index in [1.807, 2.05) is 6.92 Å². The average Bonchev–Trinajstić information content (AvgIpc) is 2.82. The Bertz CT molecular complexity index is 626. The Hall–Kier alpha value is -1.79. The average molecular weight is 300 g/mol. The first kappa shape index (κ1) is 13.6. The second-order valence-electron chi connectivity index (χ2n) is 3.66. The molecule has 1 amide bonds. The third kappa shape index (κ3) is 2.80. The molecule has 0 atom stereocenters. The summed E-state index contributed by atoms with van der Waals surface area (Å²) >= 11 is 12.1. The number of amides is 1. The molecule has 2 rings (SSSR count). The highest BCUT2D eigenvalue weighted by Crippen LogP contribution is 2.27. The van der Waals surface area contributed by atoms with Gasteiger partial charge in [-0.2, -0.15) is 5.10 Å². The van der Waals surface area contributed by atoms with E-state index in [-0.39, 0.29) is 5.69 Å². The van der Waals surface area contributed by atoms with Crippen molar-refractivity contribution in [3.63, 3.8) is 0 Å². The van der Waals surface area contributed by atoms with Crippen LogP contribution in [-0.2, 0) is 0 Å². The predicted octanol–water partition coefficient (Wildman–Crippen LogP) is 2.10. The van der Waals surface area contributed by atoms with Crippen LogP contribution in [0.2, 0.25) is 10.0 Å². The number of aromatic nitrogens is 3. The number of halogens is 2. The van der Waals surface area contributed by atoms with E-state index in [1.54, 1.807) is 12.3 Å². The van der Waals surface area contributed by atoms with Crippen LogP contribution in [0.1, 0.15) is 17.4 Å². The third-order valence-corrected chi connectivity index (χ3v) is 2.88. The van der Waals surface area contributed by atoms with E-state index < -0.39 is 5.91 Å². The van der Waals surface area contributed by atoms with Crippen molar-refractivity contribution >= 4 is 34.9 Å². The largest absolute Gasteiger partial charge is 0.369 e. The fourth-order valence-corrected chi connectivity index (χ4v) is 1.99. The molecule has 100 valence electrons. The molecule has 2 heterocycles. The third-order valence-electron chi connectivity index (χ3n) is 2.31. The molecule has 0 unspecified atom stereocenters. The van der Waals surface area contributed by atoms with Crippen molar-refractivity contribution in [1.29, 1.82) is 0 Å². The van der Waals surface area contributed by atoms with Gasteiger partial charge in [-0.3, -0.25) is 4.79 Å². The SMILES string of the molecule is CCNc1nc(-n2ccc(C(N)=O)n2)c(Cl)cc1Cl. The normalized spacial score (nSPS) is 10.5. The maximum absolute atomic E-state index is 11.0. The molecule has 19 heavy (non-hydrogen) atoms. The predicted molar refractivity (Wildman–Crippen MR) is 74.1 cm³/mol. The van der Waals surface area contributed by atoms with E-state index in [9.17, 15) is 4.79 Å². The maximum atomic E-state index is 11.0. The highest BCUT2D eigenvalue weighted by molar-refractivity contribution is 6.36. The zero-order chi connectivity index (χ0) is 14.0. The molecule has 0 saturated carbocycles. The summed E-state index contributed by atoms with van der Waals surface area (Å²) in [5, 5.41) is 7.74. The molecule has 0 aliphatic rings. The number of carbonyl (C=O) groups excluding carboxylic acids is 1. The highest BCUT2D eigenvalue weighted by atomic mass is 35.5. The molecular weight excluding hydrogens is 289 g/mol. The molecule has 0 aliphatic heterocycles. The Kier molecular flexibility index (Phi) is 3.92. The lowest BCUT2D eigenvalue weighted by Crippen LogP contribution is -2.12. The van der Waals surface area contributed by atoms with E-state index in [1.165, 1.54) is 10.7 Å². The van der Waals surface area contributed by atoms with Gasteiger partial charge in [-0.05, 0) is 19.1 Å². The van der Waals surface area contributed by atoms with Crippen LogP contribution in [0.4, 0.5) is 5.82 Å². The summed E-state index contributed by atoms with van der Waals surface area (Å²) in [6, 6.07) is 3.05. The number of hydrogen-bond donors (Lipinski definition) is 2. The van der Waals surface area contributed by atoms with Gasteiger partial charge in [-0.25, -0.2) is 9.67 Å². The van der Waals surface area contributed by atoms with E-state index in [2.05, 4.69) is 15.4 Å². The Morgan fingerprint density at radius 1 is 1.47 bits per heavy atom. The molecule has 0 radical (unpaired) electrons. The second kappa shape index (κ2) is 5.46. The van der Waals surface area contributed by atoms with Crippen LogP contribution in [0, 0.1) is 0 Å². The summed E-state index contributed by atoms with van der Waals surface area (Å²) in [4.78, 5) is 15.3.